The molecule has 182 valence electrons. The number of fused-ring (bicyclic) bond motifs is 4. The first-order valence-corrected chi connectivity index (χ1v) is 13.0. The van der Waals surface area contributed by atoms with Crippen molar-refractivity contribution in [3.05, 3.63) is 119 Å². The average Bonchev–Trinajstić information content (AvgIpc) is 2.94. The summed E-state index contributed by atoms with van der Waals surface area (Å²) in [5.41, 5.74) is 17.0. The van der Waals surface area contributed by atoms with Gasteiger partial charge in [-0.3, -0.25) is 0 Å². The maximum atomic E-state index is 5.51. The summed E-state index contributed by atoms with van der Waals surface area (Å²) in [6.45, 7) is 4.39. The SMILES string of the molecule is C/C(=C\C=C/N)c1ccc(-c2nc3c(c(-c4cccc5c4C=CCC5)n2)C=CC2(C)CC=CC=C32)cc1. The summed E-state index contributed by atoms with van der Waals surface area (Å²) in [4.78, 5) is 10.4. The maximum Gasteiger partial charge on any atom is 0.160 e. The van der Waals surface area contributed by atoms with Gasteiger partial charge in [0.25, 0.3) is 0 Å². The number of hydrogen-bond donors (Lipinski definition) is 1. The van der Waals surface area contributed by atoms with Crippen molar-refractivity contribution >= 4 is 23.3 Å². The molecular weight excluding hydrogens is 450 g/mol. The van der Waals surface area contributed by atoms with Gasteiger partial charge >= 0.3 is 0 Å². The van der Waals surface area contributed by atoms with Crippen LogP contribution in [0.15, 0.2) is 91.2 Å². The Kier molecular flexibility index (Phi) is 5.84. The summed E-state index contributed by atoms with van der Waals surface area (Å²) in [5.74, 6) is 0.759. The van der Waals surface area contributed by atoms with Gasteiger partial charge in [-0.05, 0) is 66.3 Å². The summed E-state index contributed by atoms with van der Waals surface area (Å²) >= 11 is 0. The Hall–Kier alpha value is -4.24. The van der Waals surface area contributed by atoms with E-state index in [9.17, 15) is 0 Å². The van der Waals surface area contributed by atoms with Crippen LogP contribution in [-0.2, 0) is 6.42 Å². The number of hydrogen-bond acceptors (Lipinski definition) is 3. The molecule has 0 radical (unpaired) electrons. The molecule has 1 unspecified atom stereocenters. The fourth-order valence-electron chi connectivity index (χ4n) is 5.57. The molecule has 0 saturated carbocycles. The van der Waals surface area contributed by atoms with Gasteiger partial charge in [-0.1, -0.05) is 98.0 Å². The van der Waals surface area contributed by atoms with Crippen LogP contribution in [0.2, 0.25) is 0 Å². The highest BCUT2D eigenvalue weighted by Crippen LogP contribution is 2.48. The molecule has 3 aromatic rings. The largest absolute Gasteiger partial charge is 0.405 e. The normalized spacial score (nSPS) is 19.9. The highest BCUT2D eigenvalue weighted by Gasteiger charge is 2.34. The molecule has 0 amide bonds. The van der Waals surface area contributed by atoms with Crippen molar-refractivity contribution in [2.24, 2.45) is 11.1 Å². The first kappa shape index (κ1) is 23.2. The zero-order chi connectivity index (χ0) is 25.4. The molecule has 1 atom stereocenters. The van der Waals surface area contributed by atoms with Gasteiger partial charge in [-0.2, -0.15) is 0 Å². The maximum absolute atomic E-state index is 5.51. The van der Waals surface area contributed by atoms with Crippen LogP contribution in [0.3, 0.4) is 0 Å². The smallest absolute Gasteiger partial charge is 0.160 e. The van der Waals surface area contributed by atoms with Crippen LogP contribution in [0, 0.1) is 5.41 Å². The number of aryl methyl sites for hydroxylation is 1. The van der Waals surface area contributed by atoms with Crippen molar-refractivity contribution in [2.75, 3.05) is 0 Å². The summed E-state index contributed by atoms with van der Waals surface area (Å²) in [7, 11) is 0. The van der Waals surface area contributed by atoms with E-state index in [2.05, 4.69) is 98.8 Å². The number of nitrogens with zero attached hydrogens (tertiary/aromatic N) is 2. The van der Waals surface area contributed by atoms with Crippen molar-refractivity contribution in [2.45, 2.75) is 33.1 Å². The standard InChI is InChI=1S/C34H31N3/c1-23(9-8-22-35)24-15-17-26(18-16-24)33-36-31(28-13-7-11-25-10-3-4-12-27(25)28)29-19-21-34(2)20-6-5-14-30(34)32(29)37-33/h4-9,11-19,21-22H,3,10,20,35H2,1-2H3/b22-8-,23-9+. The molecule has 0 saturated heterocycles. The molecule has 3 nitrogen and oxygen atoms in total. The molecule has 2 N–H and O–H groups in total. The van der Waals surface area contributed by atoms with E-state index in [1.807, 2.05) is 12.2 Å². The predicted molar refractivity (Wildman–Crippen MR) is 156 cm³/mol. The fraction of sp³-hybridized carbons (Fsp3) is 0.176. The molecule has 1 heterocycles. The van der Waals surface area contributed by atoms with Gasteiger partial charge in [0.1, 0.15) is 0 Å². The lowest BCUT2D eigenvalue weighted by molar-refractivity contribution is 0.575. The molecule has 3 aliphatic carbocycles. The van der Waals surface area contributed by atoms with Crippen LogP contribution in [-0.4, -0.2) is 9.97 Å². The molecule has 6 rings (SSSR count). The van der Waals surface area contributed by atoms with Crippen molar-refractivity contribution < 1.29 is 0 Å². The molecule has 1 aromatic heterocycles. The third-order valence-electron chi connectivity index (χ3n) is 7.75. The number of aromatic nitrogens is 2. The highest BCUT2D eigenvalue weighted by molar-refractivity contribution is 5.91. The molecule has 3 heteroatoms. The van der Waals surface area contributed by atoms with E-state index in [-0.39, 0.29) is 5.41 Å². The molecule has 37 heavy (non-hydrogen) atoms. The van der Waals surface area contributed by atoms with Crippen molar-refractivity contribution in [3.63, 3.8) is 0 Å². The van der Waals surface area contributed by atoms with Gasteiger partial charge in [-0.25, -0.2) is 9.97 Å². The van der Waals surface area contributed by atoms with Crippen LogP contribution in [0.1, 0.15) is 54.6 Å². The van der Waals surface area contributed by atoms with E-state index in [1.165, 1.54) is 22.3 Å². The molecule has 2 aromatic carbocycles. The van der Waals surface area contributed by atoms with E-state index in [4.69, 9.17) is 15.7 Å². The Morgan fingerprint density at radius 3 is 2.65 bits per heavy atom. The lowest BCUT2D eigenvalue weighted by Crippen LogP contribution is -2.22. The van der Waals surface area contributed by atoms with Gasteiger partial charge in [0, 0.05) is 22.1 Å². The molecule has 0 fully saturated rings. The van der Waals surface area contributed by atoms with Crippen molar-refractivity contribution in [1.82, 2.24) is 9.97 Å². The minimum absolute atomic E-state index is 0.0526. The number of rotatable bonds is 4. The molecule has 0 bridgehead atoms. The zero-order valence-electron chi connectivity index (χ0n) is 21.4. The Morgan fingerprint density at radius 2 is 1.81 bits per heavy atom. The van der Waals surface area contributed by atoms with E-state index in [0.29, 0.717) is 0 Å². The molecule has 0 aliphatic heterocycles. The van der Waals surface area contributed by atoms with Crippen LogP contribution in [0.5, 0.6) is 0 Å². The van der Waals surface area contributed by atoms with Crippen molar-refractivity contribution in [3.8, 4) is 22.6 Å². The summed E-state index contributed by atoms with van der Waals surface area (Å²) < 4.78 is 0. The van der Waals surface area contributed by atoms with Gasteiger partial charge in [0.05, 0.1) is 11.4 Å². The predicted octanol–water partition coefficient (Wildman–Crippen LogP) is 8.02. The Bertz CT molecular complexity index is 1560. The van der Waals surface area contributed by atoms with Gasteiger partial charge in [0.15, 0.2) is 5.82 Å². The van der Waals surface area contributed by atoms with E-state index >= 15 is 0 Å². The second-order valence-electron chi connectivity index (χ2n) is 10.3. The summed E-state index contributed by atoms with van der Waals surface area (Å²) in [5, 5.41) is 0. The first-order chi connectivity index (χ1) is 18.1. The van der Waals surface area contributed by atoms with Crippen LogP contribution >= 0.6 is 0 Å². The minimum atomic E-state index is -0.0526. The Morgan fingerprint density at radius 1 is 0.973 bits per heavy atom. The second kappa shape index (κ2) is 9.33. The van der Waals surface area contributed by atoms with E-state index < -0.39 is 0 Å². The number of nitrogens with two attached hydrogens (primary N) is 1. The highest BCUT2D eigenvalue weighted by atomic mass is 14.9. The Labute approximate surface area is 219 Å². The van der Waals surface area contributed by atoms with E-state index in [1.54, 1.807) is 6.20 Å². The van der Waals surface area contributed by atoms with Crippen LogP contribution < -0.4 is 5.73 Å². The van der Waals surface area contributed by atoms with Crippen molar-refractivity contribution in [1.29, 1.82) is 0 Å². The zero-order valence-corrected chi connectivity index (χ0v) is 21.4. The second-order valence-corrected chi connectivity index (χ2v) is 10.3. The lowest BCUT2D eigenvalue weighted by atomic mass is 9.70. The minimum Gasteiger partial charge on any atom is -0.405 e. The number of allylic oxidation sites excluding steroid dienone is 9. The van der Waals surface area contributed by atoms with Gasteiger partial charge in [-0.15, -0.1) is 0 Å². The number of benzene rings is 2. The lowest BCUT2D eigenvalue weighted by Gasteiger charge is -2.34. The molecule has 3 aliphatic rings. The van der Waals surface area contributed by atoms with Crippen LogP contribution in [0.4, 0.5) is 0 Å². The fourth-order valence-corrected chi connectivity index (χ4v) is 5.57. The molecular formula is C34H31N3. The third kappa shape index (κ3) is 4.11. The van der Waals surface area contributed by atoms with Gasteiger partial charge < -0.3 is 5.73 Å². The average molecular weight is 482 g/mol. The quantitative estimate of drug-likeness (QED) is 0.384. The first-order valence-electron chi connectivity index (χ1n) is 13.0. The summed E-state index contributed by atoms with van der Waals surface area (Å²) in [6.07, 6.45) is 24.3. The third-order valence-corrected chi connectivity index (χ3v) is 7.75. The molecule has 0 spiro atoms. The Balaban J connectivity index is 1.56. The monoisotopic (exact) mass is 481 g/mol. The summed E-state index contributed by atoms with van der Waals surface area (Å²) in [6, 6.07) is 15.1. The topological polar surface area (TPSA) is 51.8 Å². The van der Waals surface area contributed by atoms with Gasteiger partial charge in [0.2, 0.25) is 0 Å². The van der Waals surface area contributed by atoms with Crippen LogP contribution in [0.25, 0.3) is 45.9 Å². The van der Waals surface area contributed by atoms with E-state index in [0.717, 1.165) is 58.7 Å².